The number of morpholine rings is 1. The van der Waals surface area contributed by atoms with Crippen molar-refractivity contribution in [2.75, 3.05) is 27.4 Å². The zero-order chi connectivity index (χ0) is 31.9. The molecule has 13 nitrogen and oxygen atoms in total. The normalized spacial score (nSPS) is 33.9. The van der Waals surface area contributed by atoms with Gasteiger partial charge in [-0.25, -0.2) is 0 Å². The highest BCUT2D eigenvalue weighted by Crippen LogP contribution is 2.53. The van der Waals surface area contributed by atoms with E-state index in [1.807, 2.05) is 6.92 Å². The van der Waals surface area contributed by atoms with Gasteiger partial charge in [0.25, 0.3) is 0 Å². The van der Waals surface area contributed by atoms with E-state index in [1.165, 1.54) is 26.2 Å². The van der Waals surface area contributed by atoms with Crippen LogP contribution < -0.4 is 4.74 Å². The topological polar surface area (TPSA) is 171 Å². The van der Waals surface area contributed by atoms with Crippen LogP contribution in [-0.2, 0) is 34.9 Å². The standard InChI is InChI=1S/C32H35NO12/c1-13-29-17(33-8-9-42-31(41-4)30(33)45-29)10-20(43-13)44-19-12-32(39,14(2)34)11-16-22(19)28(38)24-23(26(16)36)25(35)15-6-5-7-18(40-3)21(15)27(24)37/h5-7,13,17,19-20,29-31,36,38-39H,8-12H2,1-4H3/t13-,17-,19-,20?,29+,30+,31-,32-/m0/s1. The Labute approximate surface area is 258 Å². The third-order valence-electron chi connectivity index (χ3n) is 9.84. The smallest absolute Gasteiger partial charge is 0.202 e. The highest BCUT2D eigenvalue weighted by atomic mass is 16.7. The number of nitrogens with zero attached hydrogens (tertiary/aromatic N) is 1. The Morgan fingerprint density at radius 1 is 1.07 bits per heavy atom. The molecule has 240 valence electrons. The van der Waals surface area contributed by atoms with E-state index in [0.717, 1.165) is 0 Å². The molecule has 3 saturated heterocycles. The lowest BCUT2D eigenvalue weighted by molar-refractivity contribution is -0.256. The maximum absolute atomic E-state index is 13.9. The zero-order valence-corrected chi connectivity index (χ0v) is 25.3. The van der Waals surface area contributed by atoms with E-state index in [9.17, 15) is 29.7 Å². The quantitative estimate of drug-likeness (QED) is 0.351. The van der Waals surface area contributed by atoms with E-state index in [1.54, 1.807) is 13.2 Å². The summed E-state index contributed by atoms with van der Waals surface area (Å²) in [6.07, 6.45) is -4.14. The fourth-order valence-corrected chi connectivity index (χ4v) is 7.60. The van der Waals surface area contributed by atoms with E-state index in [4.69, 9.17) is 28.4 Å². The summed E-state index contributed by atoms with van der Waals surface area (Å²) in [5.74, 6) is -3.01. The minimum absolute atomic E-state index is 0.00185. The van der Waals surface area contributed by atoms with E-state index >= 15 is 0 Å². The van der Waals surface area contributed by atoms with Crippen molar-refractivity contribution < 1.29 is 58.1 Å². The van der Waals surface area contributed by atoms with Crippen LogP contribution in [0.3, 0.4) is 0 Å². The number of benzene rings is 2. The van der Waals surface area contributed by atoms with Gasteiger partial charge in [0.15, 0.2) is 30.4 Å². The minimum Gasteiger partial charge on any atom is -0.507 e. The molecule has 2 aliphatic carbocycles. The van der Waals surface area contributed by atoms with Crippen molar-refractivity contribution in [3.05, 3.63) is 51.6 Å². The first kappa shape index (κ1) is 30.2. The second-order valence-corrected chi connectivity index (χ2v) is 12.3. The van der Waals surface area contributed by atoms with Crippen LogP contribution in [0.2, 0.25) is 0 Å². The number of fused-ring (bicyclic) bond motifs is 6. The van der Waals surface area contributed by atoms with Gasteiger partial charge in [0.05, 0.1) is 42.6 Å². The van der Waals surface area contributed by atoms with Gasteiger partial charge in [-0.15, -0.1) is 0 Å². The number of ether oxygens (including phenoxy) is 6. The zero-order valence-electron chi connectivity index (χ0n) is 25.3. The maximum atomic E-state index is 13.9. The average Bonchev–Trinajstić information content (AvgIpc) is 3.40. The molecule has 7 rings (SSSR count). The van der Waals surface area contributed by atoms with Crippen LogP contribution in [0.4, 0.5) is 0 Å². The van der Waals surface area contributed by atoms with Gasteiger partial charge in [0.2, 0.25) is 5.78 Å². The predicted molar refractivity (Wildman–Crippen MR) is 152 cm³/mol. The summed E-state index contributed by atoms with van der Waals surface area (Å²) < 4.78 is 35.4. The number of Topliss-reactive ketones (excluding diaryl/α,β-unsaturated/α-hetero) is 1. The SMILES string of the molecule is COc1cccc2c1C(=O)c1c(O)c3c(c(O)c1C2=O)C[C@@](O)(C(C)=O)C[C@@H]3OC1C[C@H]2[C@H](O[C@@H]3[C@@H](OC)OCCN32)[C@H](C)O1. The number of ketones is 3. The molecule has 0 aromatic heterocycles. The van der Waals surface area contributed by atoms with E-state index in [2.05, 4.69) is 4.90 Å². The molecule has 3 aliphatic heterocycles. The van der Waals surface area contributed by atoms with Crippen molar-refractivity contribution in [2.45, 2.75) is 81.9 Å². The van der Waals surface area contributed by atoms with Gasteiger partial charge in [-0.05, 0) is 19.9 Å². The van der Waals surface area contributed by atoms with Crippen molar-refractivity contribution in [3.63, 3.8) is 0 Å². The molecule has 2 aromatic carbocycles. The van der Waals surface area contributed by atoms with Gasteiger partial charge in [0, 0.05) is 55.6 Å². The number of phenols is 2. The third-order valence-corrected chi connectivity index (χ3v) is 9.84. The Hall–Kier alpha value is -3.43. The predicted octanol–water partition coefficient (Wildman–Crippen LogP) is 1.74. The van der Waals surface area contributed by atoms with Gasteiger partial charge >= 0.3 is 0 Å². The molecule has 3 N–H and O–H groups in total. The number of carbonyl (C=O) groups excluding carboxylic acids is 3. The molecule has 2 aromatic rings. The fourth-order valence-electron chi connectivity index (χ4n) is 7.60. The van der Waals surface area contributed by atoms with E-state index in [0.29, 0.717) is 19.6 Å². The molecule has 0 bridgehead atoms. The molecule has 0 spiro atoms. The van der Waals surface area contributed by atoms with E-state index < -0.39 is 77.4 Å². The number of carbonyl (C=O) groups is 3. The molecule has 1 unspecified atom stereocenters. The summed E-state index contributed by atoms with van der Waals surface area (Å²) in [5.41, 5.74) is -2.84. The number of phenolic OH excluding ortho intramolecular Hbond substituents is 2. The summed E-state index contributed by atoms with van der Waals surface area (Å²) in [7, 11) is 2.91. The van der Waals surface area contributed by atoms with Crippen molar-refractivity contribution >= 4 is 17.3 Å². The Morgan fingerprint density at radius 3 is 2.53 bits per heavy atom. The second-order valence-electron chi connectivity index (χ2n) is 12.3. The lowest BCUT2D eigenvalue weighted by Gasteiger charge is -2.43. The van der Waals surface area contributed by atoms with Crippen LogP contribution in [0.15, 0.2) is 18.2 Å². The molecule has 5 aliphatic rings. The van der Waals surface area contributed by atoms with Gasteiger partial charge in [-0.2, -0.15) is 0 Å². The Bertz CT molecular complexity index is 1610. The van der Waals surface area contributed by atoms with Crippen molar-refractivity contribution in [3.8, 4) is 17.2 Å². The molecule has 0 amide bonds. The number of aromatic hydroxyl groups is 2. The summed E-state index contributed by atoms with van der Waals surface area (Å²) in [5, 5.41) is 34.8. The largest absolute Gasteiger partial charge is 0.507 e. The molecule has 0 saturated carbocycles. The summed E-state index contributed by atoms with van der Waals surface area (Å²) in [6, 6.07) is 4.37. The van der Waals surface area contributed by atoms with E-state index in [-0.39, 0.29) is 52.1 Å². The van der Waals surface area contributed by atoms with Crippen LogP contribution in [0, 0.1) is 0 Å². The number of hydrogen-bond donors (Lipinski definition) is 3. The second kappa shape index (κ2) is 10.8. The minimum atomic E-state index is -1.99. The third kappa shape index (κ3) is 4.44. The van der Waals surface area contributed by atoms with Crippen molar-refractivity contribution in [1.82, 2.24) is 4.90 Å². The number of aliphatic hydroxyl groups is 1. The Balaban J connectivity index is 1.29. The fraction of sp³-hybridized carbons (Fsp3) is 0.531. The molecule has 3 heterocycles. The van der Waals surface area contributed by atoms with Gasteiger partial charge < -0.3 is 43.7 Å². The van der Waals surface area contributed by atoms with Crippen LogP contribution in [0.1, 0.15) is 75.8 Å². The average molecular weight is 626 g/mol. The number of rotatable bonds is 5. The molecule has 45 heavy (non-hydrogen) atoms. The lowest BCUT2D eigenvalue weighted by Crippen LogP contribution is -2.55. The van der Waals surface area contributed by atoms with Gasteiger partial charge in [-0.3, -0.25) is 19.3 Å². The van der Waals surface area contributed by atoms with Crippen LogP contribution in [0.5, 0.6) is 17.2 Å². The summed E-state index contributed by atoms with van der Waals surface area (Å²) in [4.78, 5) is 42.5. The Kier molecular flexibility index (Phi) is 7.28. The first-order valence-electron chi connectivity index (χ1n) is 15.0. The number of methoxy groups -OCH3 is 2. The van der Waals surface area contributed by atoms with Crippen LogP contribution in [0.25, 0.3) is 0 Å². The molecular formula is C32H35NO12. The first-order valence-corrected chi connectivity index (χ1v) is 15.0. The molecule has 8 atom stereocenters. The van der Waals surface area contributed by atoms with Crippen molar-refractivity contribution in [1.29, 1.82) is 0 Å². The molecular weight excluding hydrogens is 590 g/mol. The van der Waals surface area contributed by atoms with Gasteiger partial charge in [-0.1, -0.05) is 12.1 Å². The first-order chi connectivity index (χ1) is 21.5. The molecule has 0 radical (unpaired) electrons. The maximum Gasteiger partial charge on any atom is 0.202 e. The lowest BCUT2D eigenvalue weighted by atomic mass is 9.72. The summed E-state index contributed by atoms with van der Waals surface area (Å²) in [6.45, 7) is 4.12. The van der Waals surface area contributed by atoms with Crippen LogP contribution >= 0.6 is 0 Å². The van der Waals surface area contributed by atoms with Crippen LogP contribution in [-0.4, -0.2) is 108 Å². The molecule has 13 heteroatoms. The summed E-state index contributed by atoms with van der Waals surface area (Å²) >= 11 is 0. The highest BCUT2D eigenvalue weighted by Gasteiger charge is 2.55. The van der Waals surface area contributed by atoms with Gasteiger partial charge in [0.1, 0.15) is 29.0 Å². The highest BCUT2D eigenvalue weighted by molar-refractivity contribution is 6.31. The van der Waals surface area contributed by atoms with Crippen molar-refractivity contribution in [2.24, 2.45) is 0 Å². The molecule has 3 fully saturated rings. The number of hydrogen-bond acceptors (Lipinski definition) is 13. The monoisotopic (exact) mass is 625 g/mol. The Morgan fingerprint density at radius 2 is 1.82 bits per heavy atom.